The van der Waals surface area contributed by atoms with Gasteiger partial charge in [0.1, 0.15) is 96.9 Å². The number of rotatable bonds is 27. The van der Waals surface area contributed by atoms with Crippen molar-refractivity contribution in [3.8, 4) is 5.75 Å². The normalized spacial score (nSPS) is 24.8. The Bertz CT molecular complexity index is 5070. The summed E-state index contributed by atoms with van der Waals surface area (Å²) in [6.45, 7) is 9.34. The fourth-order valence-corrected chi connectivity index (χ4v) is 17.8. The van der Waals surface area contributed by atoms with Gasteiger partial charge in [-0.15, -0.1) is 11.8 Å². The average molecular weight is 1900 g/mol. The SMILES string of the molecule is CCCC[C@H]1C(=O)N(C)[C@@H](CCCC)C(=O)N[C@@H](CC(C)C)C(=O)N[C@H](C(=O)NCC(N)=O)CSCC(=O)N[C@@H](Cc2ccc(OC)cc2)C(=O)N(C)[C@@H](C)C(=O)N[C@H](CC(N)=O)C(=O)N2CCC[C@H]2C(=O)N[C@@H](CN)C(=O)N[C@@H](CC(C)C)C(=O)N2C[C@H](O)C[C@H]2C(=O)N[C@@H](Cc2c[nH]c3ccccc23)C(=O)N[C@@H](CCN)C(=O)N[C@@H](Cc2cn(CC(=O)O)c3ccccc23)C(=O)N1C. The highest BCUT2D eigenvalue weighted by atomic mass is 32.2. The van der Waals surface area contributed by atoms with E-state index in [1.807, 2.05) is 13.8 Å². The van der Waals surface area contributed by atoms with E-state index in [2.05, 4.69) is 58.2 Å². The highest BCUT2D eigenvalue weighted by molar-refractivity contribution is 8.00. The maximum absolute atomic E-state index is 16.0. The van der Waals surface area contributed by atoms with E-state index in [9.17, 15) is 63.0 Å². The van der Waals surface area contributed by atoms with Gasteiger partial charge in [0.25, 0.3) is 0 Å². The first-order valence-electron chi connectivity index (χ1n) is 45.7. The topological polar surface area (TPSA) is 618 Å². The molecule has 21 N–H and O–H groups in total. The first-order chi connectivity index (χ1) is 64.1. The molecule has 17 amide bonds. The Morgan fingerprint density at radius 2 is 1.10 bits per heavy atom. The molecule has 0 spiro atoms. The van der Waals surface area contributed by atoms with E-state index < -0.39 is 241 Å². The molecule has 2 aromatic heterocycles. The van der Waals surface area contributed by atoms with Crippen molar-refractivity contribution < 1.29 is 101 Å². The lowest BCUT2D eigenvalue weighted by Gasteiger charge is -2.36. The summed E-state index contributed by atoms with van der Waals surface area (Å²) in [7, 11) is 5.39. The van der Waals surface area contributed by atoms with E-state index in [4.69, 9.17) is 27.7 Å². The minimum atomic E-state index is -1.76. The first kappa shape index (κ1) is 108. The lowest BCUT2D eigenvalue weighted by atomic mass is 9.99. The third-order valence-electron chi connectivity index (χ3n) is 24.3. The summed E-state index contributed by atoms with van der Waals surface area (Å²) >= 11 is 0.804. The number of primary amides is 2. The third kappa shape index (κ3) is 29.9. The van der Waals surface area contributed by atoms with Crippen molar-refractivity contribution in [1.29, 1.82) is 0 Å². The van der Waals surface area contributed by atoms with E-state index in [1.54, 1.807) is 107 Å². The number of H-pyrrole nitrogens is 1. The molecule has 738 valence electrons. The van der Waals surface area contributed by atoms with Crippen molar-refractivity contribution in [3.05, 3.63) is 102 Å². The summed E-state index contributed by atoms with van der Waals surface area (Å²) in [4.78, 5) is 271. The molecule has 0 unspecified atom stereocenters. The van der Waals surface area contributed by atoms with Crippen LogP contribution in [0.5, 0.6) is 5.75 Å². The van der Waals surface area contributed by atoms with Crippen molar-refractivity contribution in [2.45, 2.75) is 248 Å². The van der Waals surface area contributed by atoms with Gasteiger partial charge in [-0.1, -0.05) is 116 Å². The largest absolute Gasteiger partial charge is 0.497 e. The number of fused-ring (bicyclic) bond motifs is 4. The highest BCUT2D eigenvalue weighted by Crippen LogP contribution is 2.29. The van der Waals surface area contributed by atoms with Gasteiger partial charge in [0.15, 0.2) is 0 Å². The Morgan fingerprint density at radius 1 is 0.556 bits per heavy atom. The molecule has 0 aliphatic carbocycles. The number of hydrogen-bond donors (Lipinski definition) is 17. The van der Waals surface area contributed by atoms with Crippen molar-refractivity contribution >= 4 is 140 Å². The van der Waals surface area contributed by atoms with E-state index in [0.717, 1.165) is 31.4 Å². The third-order valence-corrected chi connectivity index (χ3v) is 25.3. The van der Waals surface area contributed by atoms with Gasteiger partial charge in [0, 0.05) is 106 Å². The number of aliphatic carboxylic acids is 1. The molecule has 3 fully saturated rings. The monoisotopic (exact) mass is 1900 g/mol. The van der Waals surface area contributed by atoms with Gasteiger partial charge >= 0.3 is 5.97 Å². The van der Waals surface area contributed by atoms with Gasteiger partial charge in [-0.25, -0.2) is 0 Å². The minimum absolute atomic E-state index is 0.00761. The van der Waals surface area contributed by atoms with Crippen LogP contribution in [-0.4, -0.2) is 314 Å². The van der Waals surface area contributed by atoms with Crippen LogP contribution < -0.4 is 80.8 Å². The molecule has 3 aromatic carbocycles. The number of nitrogens with one attached hydrogen (secondary N) is 11. The number of carbonyl (C=O) groups is 18. The van der Waals surface area contributed by atoms with Crippen molar-refractivity contribution in [2.75, 3.05) is 72.5 Å². The number of ether oxygens (including phenoxy) is 1. The fourth-order valence-electron chi connectivity index (χ4n) is 16.9. The number of aromatic nitrogens is 2. The number of benzene rings is 3. The van der Waals surface area contributed by atoms with E-state index in [1.165, 1.54) is 50.8 Å². The molecule has 3 saturated heterocycles. The summed E-state index contributed by atoms with van der Waals surface area (Å²) in [6.07, 6.45) is 1.10. The molecular weight excluding hydrogens is 1770 g/mol. The van der Waals surface area contributed by atoms with Gasteiger partial charge in [-0.2, -0.15) is 0 Å². The second-order valence-corrected chi connectivity index (χ2v) is 36.5. The number of amides is 17. The number of likely N-dealkylation sites (N-methyl/N-ethyl adjacent to an activating group) is 3. The van der Waals surface area contributed by atoms with Crippen molar-refractivity contribution in [3.63, 3.8) is 0 Å². The molecule has 3 aliphatic heterocycles. The summed E-state index contributed by atoms with van der Waals surface area (Å²) < 4.78 is 6.79. The maximum Gasteiger partial charge on any atom is 0.323 e. The zero-order chi connectivity index (χ0) is 99.4. The molecular formula is C92H133N21O21S. The number of para-hydroxylation sites is 2. The zero-order valence-electron chi connectivity index (χ0n) is 78.4. The van der Waals surface area contributed by atoms with Crippen LogP contribution in [0.3, 0.4) is 0 Å². The molecule has 0 bridgehead atoms. The number of aliphatic hydroxyl groups excluding tert-OH is 1. The van der Waals surface area contributed by atoms with Crippen LogP contribution in [0.4, 0.5) is 0 Å². The molecule has 5 aromatic rings. The van der Waals surface area contributed by atoms with Crippen LogP contribution in [-0.2, 0) is 112 Å². The van der Waals surface area contributed by atoms with Crippen LogP contribution in [0.25, 0.3) is 21.8 Å². The van der Waals surface area contributed by atoms with Crippen LogP contribution in [0, 0.1) is 11.8 Å². The Labute approximate surface area is 787 Å². The van der Waals surface area contributed by atoms with Crippen LogP contribution in [0.2, 0.25) is 0 Å². The molecule has 5 heterocycles. The summed E-state index contributed by atoms with van der Waals surface area (Å²) in [5.74, 6) is -18.0. The molecule has 135 heavy (non-hydrogen) atoms. The minimum Gasteiger partial charge on any atom is -0.497 e. The lowest BCUT2D eigenvalue weighted by molar-refractivity contribution is -0.149. The molecule has 43 heteroatoms. The molecule has 15 atom stereocenters. The summed E-state index contributed by atoms with van der Waals surface area (Å²) in [6, 6.07) is -1.12. The number of unbranched alkanes of at least 4 members (excludes halogenated alkanes) is 2. The van der Waals surface area contributed by atoms with E-state index in [-0.39, 0.29) is 95.6 Å². The summed E-state index contributed by atoms with van der Waals surface area (Å²) in [5.41, 5.74) is 26.1. The number of nitrogens with zero attached hydrogens (tertiary/aromatic N) is 6. The molecule has 0 saturated carbocycles. The molecule has 8 rings (SSSR count). The summed E-state index contributed by atoms with van der Waals surface area (Å²) in [5, 5.41) is 49.4. The number of aliphatic hydroxyl groups is 1. The standard InChI is InChI=1S/C92H133N21O21S/c1-12-14-24-71-85(126)101-62(35-50(3)4)82(123)107-69(80(121)98-44-76(96)116)48-135-49-77(117)99-65(37-53-28-30-57(134-11)31-29-53)88(129)108(8)52(7)79(120)103-67(41-75(95)115)90(131)112-34-20-27-72(112)86(127)106-68(42-94)84(125)104-64(36-51(5)6)91(132)113-46-56(114)40-74(113)87(128)102-63(38-54-43-97-60-23-18-16-21-58(54)60)83(124)100-61(32-33-93)81(122)105-66(89(130)110(10)73(25-15-13-2)92(133)109(71)9)39-55-45-111(47-78(118)119)70-26-19-17-22-59(55)70/h16-19,21-23,26,28-31,43,45,50-52,56,61-69,71-74,97,114H,12-15,20,24-25,27,32-42,44,46-49,93-94H2,1-11H3,(H2,95,115)(H2,96,116)(H,98,121)(H,99,117)(H,100,124)(H,101,126)(H,102,128)(H,103,120)(H,104,125)(H,105,122)(H,106,127)(H,107,123)(H,118,119)/t52-,56+,61-,62-,63-,64-,65-,66-,67+,68-,69-,71-,72-,73-,74-/m0/s1. The highest BCUT2D eigenvalue weighted by Gasteiger charge is 2.47. The number of aromatic amines is 1. The first-order valence-corrected chi connectivity index (χ1v) is 46.9. The number of thioether (sulfide) groups is 1. The predicted octanol–water partition coefficient (Wildman–Crippen LogP) is -1.94. The fraction of sp³-hybridized carbons (Fsp3) is 0.565. The van der Waals surface area contributed by atoms with Crippen molar-refractivity contribution in [2.24, 2.45) is 34.8 Å². The quantitative estimate of drug-likeness (QED) is 0.0272. The number of carboxylic acids is 1. The Kier molecular flexibility index (Phi) is 40.7. The zero-order valence-corrected chi connectivity index (χ0v) is 79.2. The molecule has 3 aliphatic rings. The Morgan fingerprint density at radius 3 is 1.74 bits per heavy atom. The number of methoxy groups -OCH3 is 1. The second-order valence-electron chi connectivity index (χ2n) is 35.5. The number of carboxylic acid groups (broad SMARTS) is 1. The van der Waals surface area contributed by atoms with Gasteiger partial charge in [-0.3, -0.25) is 86.3 Å². The maximum atomic E-state index is 16.0. The van der Waals surface area contributed by atoms with Crippen molar-refractivity contribution in [1.82, 2.24) is 87.2 Å². The number of nitrogens with two attached hydrogens (primary N) is 4. The van der Waals surface area contributed by atoms with Crippen LogP contribution in [0.15, 0.2) is 85.2 Å². The molecule has 0 radical (unpaired) electrons. The van der Waals surface area contributed by atoms with Gasteiger partial charge in [0.2, 0.25) is 100 Å². The number of hydrogen-bond acceptors (Lipinski definition) is 23. The van der Waals surface area contributed by atoms with Gasteiger partial charge in [-0.05, 0) is 111 Å². The van der Waals surface area contributed by atoms with E-state index in [0.29, 0.717) is 69.9 Å². The van der Waals surface area contributed by atoms with Crippen LogP contribution >= 0.6 is 11.8 Å². The second kappa shape index (κ2) is 51.1. The Hall–Kier alpha value is -12.8. The lowest BCUT2D eigenvalue weighted by Crippen LogP contribution is -2.62. The van der Waals surface area contributed by atoms with Crippen LogP contribution in [0.1, 0.15) is 149 Å². The number of carbonyl (C=O) groups excluding carboxylic acids is 17. The Balaban J connectivity index is 1.21. The smallest absolute Gasteiger partial charge is 0.323 e. The molecule has 42 nitrogen and oxygen atoms in total. The van der Waals surface area contributed by atoms with Gasteiger partial charge < -0.3 is 125 Å². The van der Waals surface area contributed by atoms with Gasteiger partial charge in [0.05, 0.1) is 31.9 Å². The average Bonchev–Trinajstić information content (AvgIpc) is 1.66. The predicted molar refractivity (Wildman–Crippen MR) is 500 cm³/mol. The van der Waals surface area contributed by atoms with E-state index >= 15 is 33.6 Å².